The molecule has 3 N–H and O–H groups in total. The lowest BCUT2D eigenvalue weighted by Crippen LogP contribution is -2.35. The van der Waals surface area contributed by atoms with Gasteiger partial charge in [-0.1, -0.05) is 6.92 Å². The van der Waals surface area contributed by atoms with E-state index in [4.69, 9.17) is 9.84 Å². The first-order valence-electron chi connectivity index (χ1n) is 5.91. The molecule has 0 fully saturated rings. The van der Waals surface area contributed by atoms with Crippen molar-refractivity contribution < 1.29 is 19.7 Å². The number of rotatable bonds is 6. The van der Waals surface area contributed by atoms with Crippen molar-refractivity contribution in [3.63, 3.8) is 0 Å². The van der Waals surface area contributed by atoms with E-state index in [2.05, 4.69) is 5.32 Å². The molecule has 1 unspecified atom stereocenters. The van der Waals surface area contributed by atoms with E-state index in [9.17, 15) is 9.90 Å². The fourth-order valence-electron chi connectivity index (χ4n) is 1.62. The quantitative estimate of drug-likeness (QED) is 0.714. The molecule has 1 rings (SSSR count). The highest BCUT2D eigenvalue weighted by atomic mass is 16.5. The van der Waals surface area contributed by atoms with Gasteiger partial charge in [-0.05, 0) is 31.0 Å². The van der Waals surface area contributed by atoms with Crippen molar-refractivity contribution in [1.29, 1.82) is 0 Å². The van der Waals surface area contributed by atoms with E-state index in [1.165, 1.54) is 19.2 Å². The van der Waals surface area contributed by atoms with Gasteiger partial charge in [0.15, 0.2) is 0 Å². The van der Waals surface area contributed by atoms with E-state index in [-0.39, 0.29) is 29.9 Å². The highest BCUT2D eigenvalue weighted by Gasteiger charge is 2.15. The maximum absolute atomic E-state index is 12.0. The summed E-state index contributed by atoms with van der Waals surface area (Å²) in [6.07, 6.45) is 1.21. The van der Waals surface area contributed by atoms with E-state index >= 15 is 0 Å². The van der Waals surface area contributed by atoms with Crippen LogP contribution in [-0.2, 0) is 0 Å². The number of ether oxygens (including phenoxy) is 1. The van der Waals surface area contributed by atoms with Crippen molar-refractivity contribution in [3.8, 4) is 11.5 Å². The van der Waals surface area contributed by atoms with E-state index in [0.29, 0.717) is 12.2 Å². The lowest BCUT2D eigenvalue weighted by atomic mass is 10.1. The number of carbonyl (C=O) groups is 1. The van der Waals surface area contributed by atoms with E-state index in [1.54, 1.807) is 6.07 Å². The molecule has 0 saturated carbocycles. The molecule has 0 aromatic heterocycles. The van der Waals surface area contributed by atoms with Crippen LogP contribution in [0.4, 0.5) is 0 Å². The number of hydrogen-bond acceptors (Lipinski definition) is 4. The van der Waals surface area contributed by atoms with Crippen LogP contribution in [0, 0.1) is 0 Å². The summed E-state index contributed by atoms with van der Waals surface area (Å²) in [5.41, 5.74) is 0.172. The summed E-state index contributed by atoms with van der Waals surface area (Å²) in [5.74, 6) is 0.0482. The van der Waals surface area contributed by atoms with Gasteiger partial charge >= 0.3 is 0 Å². The zero-order valence-corrected chi connectivity index (χ0v) is 10.6. The van der Waals surface area contributed by atoms with Gasteiger partial charge in [0.25, 0.3) is 5.91 Å². The number of hydrogen-bond donors (Lipinski definition) is 3. The third-order valence-electron chi connectivity index (χ3n) is 2.75. The number of methoxy groups -OCH3 is 1. The fourth-order valence-corrected chi connectivity index (χ4v) is 1.62. The number of amides is 1. The molecular formula is C13H19NO4. The van der Waals surface area contributed by atoms with Crippen LogP contribution in [0.15, 0.2) is 18.2 Å². The van der Waals surface area contributed by atoms with Crippen LogP contribution in [0.2, 0.25) is 0 Å². The zero-order valence-electron chi connectivity index (χ0n) is 10.6. The van der Waals surface area contributed by atoms with Gasteiger partial charge in [-0.25, -0.2) is 0 Å². The maximum Gasteiger partial charge on any atom is 0.255 e. The summed E-state index contributed by atoms with van der Waals surface area (Å²) >= 11 is 0. The number of aromatic hydroxyl groups is 1. The van der Waals surface area contributed by atoms with Gasteiger partial charge < -0.3 is 20.3 Å². The van der Waals surface area contributed by atoms with Gasteiger partial charge in [0.1, 0.15) is 11.5 Å². The predicted molar refractivity (Wildman–Crippen MR) is 67.9 cm³/mol. The Morgan fingerprint density at radius 2 is 2.22 bits per heavy atom. The molecule has 0 aliphatic heterocycles. The van der Waals surface area contributed by atoms with E-state index in [0.717, 1.165) is 6.42 Å². The van der Waals surface area contributed by atoms with E-state index in [1.807, 2.05) is 6.92 Å². The molecule has 5 nitrogen and oxygen atoms in total. The minimum Gasteiger partial charge on any atom is -0.507 e. The topological polar surface area (TPSA) is 78.8 Å². The highest BCUT2D eigenvalue weighted by Crippen LogP contribution is 2.22. The molecule has 0 saturated heterocycles. The summed E-state index contributed by atoms with van der Waals surface area (Å²) in [5, 5.41) is 21.3. The Morgan fingerprint density at radius 3 is 2.78 bits per heavy atom. The second kappa shape index (κ2) is 6.86. The van der Waals surface area contributed by atoms with Crippen LogP contribution in [0.3, 0.4) is 0 Å². The Hall–Kier alpha value is -1.75. The average Bonchev–Trinajstić information content (AvgIpc) is 2.38. The Labute approximate surface area is 106 Å². The number of carbonyl (C=O) groups excluding carboxylic acids is 1. The first-order chi connectivity index (χ1) is 8.62. The molecule has 18 heavy (non-hydrogen) atoms. The largest absolute Gasteiger partial charge is 0.507 e. The van der Waals surface area contributed by atoms with Crippen LogP contribution in [-0.4, -0.2) is 35.9 Å². The number of benzene rings is 1. The van der Waals surface area contributed by atoms with E-state index < -0.39 is 0 Å². The molecule has 0 heterocycles. The lowest BCUT2D eigenvalue weighted by Gasteiger charge is -2.16. The third-order valence-corrected chi connectivity index (χ3v) is 2.75. The van der Waals surface area contributed by atoms with Gasteiger partial charge in [0.2, 0.25) is 0 Å². The normalized spacial score (nSPS) is 11.9. The molecule has 1 amide bonds. The van der Waals surface area contributed by atoms with Crippen molar-refractivity contribution in [2.45, 2.75) is 25.8 Å². The van der Waals surface area contributed by atoms with Crippen LogP contribution >= 0.6 is 0 Å². The highest BCUT2D eigenvalue weighted by molar-refractivity contribution is 5.97. The summed E-state index contributed by atoms with van der Waals surface area (Å²) in [7, 11) is 1.49. The number of phenols is 1. The standard InChI is InChI=1S/C13H19NO4/c1-3-9(6-7-15)14-13(17)11-8-10(18-2)4-5-12(11)16/h4-5,8-9,15-16H,3,6-7H2,1-2H3,(H,14,17). The maximum atomic E-state index is 12.0. The van der Waals surface area contributed by atoms with Gasteiger partial charge in [-0.15, -0.1) is 0 Å². The van der Waals surface area contributed by atoms with Crippen LogP contribution in [0.25, 0.3) is 0 Å². The minimum atomic E-state index is -0.369. The molecule has 1 aromatic carbocycles. The van der Waals surface area contributed by atoms with Crippen molar-refractivity contribution in [2.75, 3.05) is 13.7 Å². The summed E-state index contributed by atoms with van der Waals surface area (Å²) in [6.45, 7) is 1.94. The summed E-state index contributed by atoms with van der Waals surface area (Å²) < 4.78 is 5.01. The third kappa shape index (κ3) is 3.63. The van der Waals surface area contributed by atoms with Gasteiger partial charge in [0, 0.05) is 12.6 Å². The summed E-state index contributed by atoms with van der Waals surface area (Å²) in [4.78, 5) is 12.0. The molecular weight excluding hydrogens is 234 g/mol. The predicted octanol–water partition coefficient (Wildman–Crippen LogP) is 1.29. The molecule has 100 valence electrons. The van der Waals surface area contributed by atoms with Crippen molar-refractivity contribution in [3.05, 3.63) is 23.8 Å². The van der Waals surface area contributed by atoms with Crippen LogP contribution in [0.5, 0.6) is 11.5 Å². The van der Waals surface area contributed by atoms with Crippen LogP contribution < -0.4 is 10.1 Å². The number of aliphatic hydroxyl groups is 1. The van der Waals surface area contributed by atoms with Gasteiger partial charge in [0.05, 0.1) is 12.7 Å². The average molecular weight is 253 g/mol. The SMILES string of the molecule is CCC(CCO)NC(=O)c1cc(OC)ccc1O. The molecule has 0 spiro atoms. The number of phenolic OH excluding ortho intramolecular Hbond substituents is 1. The van der Waals surface area contributed by atoms with Crippen LogP contribution in [0.1, 0.15) is 30.1 Å². The number of nitrogens with one attached hydrogen (secondary N) is 1. The molecule has 0 aliphatic rings. The molecule has 0 radical (unpaired) electrons. The fraction of sp³-hybridized carbons (Fsp3) is 0.462. The second-order valence-electron chi connectivity index (χ2n) is 3.97. The first kappa shape index (κ1) is 14.3. The van der Waals surface area contributed by atoms with Gasteiger partial charge in [-0.2, -0.15) is 0 Å². The smallest absolute Gasteiger partial charge is 0.255 e. The second-order valence-corrected chi connectivity index (χ2v) is 3.97. The van der Waals surface area contributed by atoms with Crippen molar-refractivity contribution in [1.82, 2.24) is 5.32 Å². The summed E-state index contributed by atoms with van der Waals surface area (Å²) in [6, 6.07) is 4.38. The molecule has 1 aromatic rings. The Morgan fingerprint density at radius 1 is 1.50 bits per heavy atom. The minimum absolute atomic E-state index is 0.0167. The molecule has 5 heteroatoms. The van der Waals surface area contributed by atoms with Crippen molar-refractivity contribution >= 4 is 5.91 Å². The molecule has 0 bridgehead atoms. The zero-order chi connectivity index (χ0) is 13.5. The Kier molecular flexibility index (Phi) is 5.45. The Bertz CT molecular complexity index is 406. The molecule has 1 atom stereocenters. The van der Waals surface area contributed by atoms with Gasteiger partial charge in [-0.3, -0.25) is 4.79 Å². The first-order valence-corrected chi connectivity index (χ1v) is 5.91. The Balaban J connectivity index is 2.82. The van der Waals surface area contributed by atoms with Crippen molar-refractivity contribution in [2.24, 2.45) is 0 Å². The monoisotopic (exact) mass is 253 g/mol. The molecule has 0 aliphatic carbocycles. The number of aliphatic hydroxyl groups excluding tert-OH is 1. The lowest BCUT2D eigenvalue weighted by molar-refractivity contribution is 0.0926.